The van der Waals surface area contributed by atoms with Gasteiger partial charge in [0.25, 0.3) is 5.88 Å². The van der Waals surface area contributed by atoms with Gasteiger partial charge in [0.2, 0.25) is 16.5 Å². The molecule has 1 fully saturated rings. The van der Waals surface area contributed by atoms with Gasteiger partial charge in [0.1, 0.15) is 17.7 Å². The van der Waals surface area contributed by atoms with E-state index in [1.165, 1.54) is 25.1 Å². The summed E-state index contributed by atoms with van der Waals surface area (Å²) in [6.45, 7) is 0.315. The maximum absolute atomic E-state index is 15.0. The van der Waals surface area contributed by atoms with E-state index in [4.69, 9.17) is 9.47 Å². The molecule has 0 spiro atoms. The first kappa shape index (κ1) is 24.1. The van der Waals surface area contributed by atoms with Crippen LogP contribution in [-0.4, -0.2) is 68.2 Å². The van der Waals surface area contributed by atoms with Crippen molar-refractivity contribution in [2.45, 2.75) is 0 Å². The highest BCUT2D eigenvalue weighted by Crippen LogP contribution is 2.30. The van der Waals surface area contributed by atoms with E-state index in [0.717, 1.165) is 23.8 Å². The van der Waals surface area contributed by atoms with Crippen LogP contribution in [0.1, 0.15) is 10.4 Å². The molecule has 190 valence electrons. The second kappa shape index (κ2) is 9.42. The van der Waals surface area contributed by atoms with Gasteiger partial charge in [-0.25, -0.2) is 19.2 Å². The molecule has 4 aromatic rings. The molecule has 0 bridgehead atoms. The van der Waals surface area contributed by atoms with Crippen molar-refractivity contribution >= 4 is 46.1 Å². The molecule has 2 N–H and O–H groups in total. The predicted octanol–water partition coefficient (Wildman–Crippen LogP) is 1.56. The van der Waals surface area contributed by atoms with Crippen LogP contribution in [0.25, 0.3) is 16.2 Å². The molecule has 1 aliphatic heterocycles. The van der Waals surface area contributed by atoms with Gasteiger partial charge >= 0.3 is 5.97 Å². The first-order valence-electron chi connectivity index (χ1n) is 10.7. The number of nitrogens with one attached hydrogen (secondary N) is 1. The predicted molar refractivity (Wildman–Crippen MR) is 129 cm³/mol. The monoisotopic (exact) mass is 527 g/mol. The number of carboxylic acid groups (broad SMARTS) is 1. The third kappa shape index (κ3) is 4.29. The molecule has 1 aliphatic rings. The summed E-state index contributed by atoms with van der Waals surface area (Å²) >= 11 is 0.949. The Balaban J connectivity index is 1.41. The fraction of sp³-hybridized carbons (Fsp3) is 0.227. The zero-order valence-electron chi connectivity index (χ0n) is 19.3. The maximum Gasteiger partial charge on any atom is 0.341 e. The van der Waals surface area contributed by atoms with Gasteiger partial charge in [-0.05, 0) is 18.2 Å². The highest BCUT2D eigenvalue weighted by molar-refractivity contribution is 7.08. The summed E-state index contributed by atoms with van der Waals surface area (Å²) in [5.74, 6) is -2.28. The van der Waals surface area contributed by atoms with Gasteiger partial charge in [0, 0.05) is 30.8 Å². The fourth-order valence-corrected chi connectivity index (χ4v) is 4.36. The number of fused-ring (bicyclic) bond motifs is 1. The fourth-order valence-electron chi connectivity index (χ4n) is 3.85. The molecule has 0 aromatic carbocycles. The number of carboxylic acids is 1. The van der Waals surface area contributed by atoms with Crippen molar-refractivity contribution in [3.05, 3.63) is 52.3 Å². The van der Waals surface area contributed by atoms with Crippen LogP contribution in [0.5, 0.6) is 11.6 Å². The lowest BCUT2D eigenvalue weighted by Gasteiger charge is -2.39. The van der Waals surface area contributed by atoms with Crippen LogP contribution in [0.3, 0.4) is 0 Å². The lowest BCUT2D eigenvalue weighted by molar-refractivity contribution is -0.120. The Morgan fingerprint density at radius 2 is 2.00 bits per heavy atom. The summed E-state index contributed by atoms with van der Waals surface area (Å²) < 4.78 is 30.5. The number of aromatic nitrogens is 5. The van der Waals surface area contributed by atoms with E-state index in [2.05, 4.69) is 24.6 Å². The quantitative estimate of drug-likeness (QED) is 0.359. The third-order valence-electron chi connectivity index (χ3n) is 5.74. The van der Waals surface area contributed by atoms with Crippen LogP contribution < -0.4 is 25.1 Å². The van der Waals surface area contributed by atoms with Crippen LogP contribution in [0, 0.1) is 11.7 Å². The van der Waals surface area contributed by atoms with Crippen molar-refractivity contribution in [3.8, 4) is 16.8 Å². The van der Waals surface area contributed by atoms with Crippen molar-refractivity contribution in [3.63, 3.8) is 0 Å². The number of rotatable bonds is 7. The number of ether oxygens (including phenoxy) is 2. The lowest BCUT2D eigenvalue weighted by Crippen LogP contribution is -2.52. The Morgan fingerprint density at radius 1 is 1.22 bits per heavy atom. The standard InChI is InChI=1S/C22H18FN7O6S/c1-35-14-3-4-15(27-20(14)36-2)26-19(32)10-6-29(7-10)18-13(23)5-11-16(31)12(21(33)34)8-30(17(11)28-18)22-24-9-25-37-22/h3-5,8-10H,6-7H2,1-2H3,(H,33,34)(H,26,27,32). The Kier molecular flexibility index (Phi) is 6.12. The summed E-state index contributed by atoms with van der Waals surface area (Å²) in [6, 6.07) is 4.12. The van der Waals surface area contributed by atoms with E-state index in [1.54, 1.807) is 17.0 Å². The SMILES string of the molecule is COc1ccc(NC(=O)C2CN(c3nc4c(cc3F)c(=O)c(C(=O)O)cn4-c3ncns3)C2)nc1OC. The topological polar surface area (TPSA) is 162 Å². The number of pyridine rings is 3. The smallest absolute Gasteiger partial charge is 0.341 e. The number of hydrogen-bond acceptors (Lipinski definition) is 11. The van der Waals surface area contributed by atoms with E-state index < -0.39 is 28.7 Å². The van der Waals surface area contributed by atoms with Crippen molar-refractivity contribution in [1.82, 2.24) is 23.9 Å². The number of carbonyl (C=O) groups is 2. The van der Waals surface area contributed by atoms with Gasteiger partial charge in [-0.1, -0.05) is 0 Å². The molecule has 0 unspecified atom stereocenters. The van der Waals surface area contributed by atoms with E-state index >= 15 is 4.39 Å². The molecule has 4 aromatic heterocycles. The van der Waals surface area contributed by atoms with Gasteiger partial charge in [0.15, 0.2) is 23.0 Å². The number of hydrogen-bond donors (Lipinski definition) is 2. The van der Waals surface area contributed by atoms with E-state index in [9.17, 15) is 19.5 Å². The average molecular weight is 527 g/mol. The normalized spacial score (nSPS) is 13.3. The second-order valence-electron chi connectivity index (χ2n) is 7.94. The Hall–Kier alpha value is -4.66. The number of amides is 1. The van der Waals surface area contributed by atoms with Gasteiger partial charge in [-0.15, -0.1) is 0 Å². The average Bonchev–Trinajstić information content (AvgIpc) is 3.38. The maximum atomic E-state index is 15.0. The zero-order chi connectivity index (χ0) is 26.3. The van der Waals surface area contributed by atoms with Crippen LogP contribution in [0.15, 0.2) is 35.5 Å². The van der Waals surface area contributed by atoms with Crippen LogP contribution >= 0.6 is 11.5 Å². The van der Waals surface area contributed by atoms with Gasteiger partial charge < -0.3 is 24.8 Å². The minimum absolute atomic E-state index is 0.0191. The molecule has 5 heterocycles. The van der Waals surface area contributed by atoms with Crippen LogP contribution in [-0.2, 0) is 4.79 Å². The zero-order valence-corrected chi connectivity index (χ0v) is 20.2. The summed E-state index contributed by atoms with van der Waals surface area (Å²) in [6.07, 6.45) is 2.35. The molecule has 15 heteroatoms. The molecule has 37 heavy (non-hydrogen) atoms. The third-order valence-corrected chi connectivity index (χ3v) is 6.41. The van der Waals surface area contributed by atoms with Crippen LogP contribution in [0.4, 0.5) is 16.0 Å². The Labute approximate surface area is 211 Å². The van der Waals surface area contributed by atoms with Gasteiger partial charge in [0.05, 0.1) is 25.5 Å². The first-order chi connectivity index (χ1) is 17.8. The van der Waals surface area contributed by atoms with Gasteiger partial charge in [-0.2, -0.15) is 9.36 Å². The molecule has 1 saturated heterocycles. The molecule has 0 atom stereocenters. The first-order valence-corrected chi connectivity index (χ1v) is 11.5. The molecule has 13 nitrogen and oxygen atoms in total. The van der Waals surface area contributed by atoms with Crippen molar-refractivity contribution in [2.24, 2.45) is 5.92 Å². The number of aromatic carboxylic acids is 1. The largest absolute Gasteiger partial charge is 0.491 e. The highest BCUT2D eigenvalue weighted by atomic mass is 32.1. The van der Waals surface area contributed by atoms with Crippen LogP contribution in [0.2, 0.25) is 0 Å². The summed E-state index contributed by atoms with van der Waals surface area (Å²) in [7, 11) is 2.90. The summed E-state index contributed by atoms with van der Waals surface area (Å²) in [5.41, 5.74) is -1.41. The van der Waals surface area contributed by atoms with Gasteiger partial charge in [-0.3, -0.25) is 14.2 Å². The van der Waals surface area contributed by atoms with E-state index in [1.807, 2.05) is 0 Å². The number of carbonyl (C=O) groups excluding carboxylic acids is 1. The summed E-state index contributed by atoms with van der Waals surface area (Å²) in [4.78, 5) is 51.1. The Bertz CT molecular complexity index is 1590. The second-order valence-corrected chi connectivity index (χ2v) is 8.69. The molecule has 0 saturated carbocycles. The molecule has 5 rings (SSSR count). The van der Waals surface area contributed by atoms with Crippen molar-refractivity contribution < 1.29 is 28.6 Å². The van der Waals surface area contributed by atoms with Crippen molar-refractivity contribution in [2.75, 3.05) is 37.5 Å². The Morgan fingerprint density at radius 3 is 2.65 bits per heavy atom. The number of halogens is 1. The lowest BCUT2D eigenvalue weighted by atomic mass is 9.99. The van der Waals surface area contributed by atoms with E-state index in [0.29, 0.717) is 5.75 Å². The number of methoxy groups -OCH3 is 2. The van der Waals surface area contributed by atoms with Crippen molar-refractivity contribution in [1.29, 1.82) is 0 Å². The highest BCUT2D eigenvalue weighted by Gasteiger charge is 2.36. The number of anilines is 2. The minimum atomic E-state index is -1.46. The number of nitrogens with zero attached hydrogens (tertiary/aromatic N) is 6. The summed E-state index contributed by atoms with van der Waals surface area (Å²) in [5, 5.41) is 12.2. The molecule has 1 amide bonds. The molecular formula is C22H18FN7O6S. The molecule has 0 radical (unpaired) electrons. The van der Waals surface area contributed by atoms with E-state index in [-0.39, 0.29) is 52.7 Å². The molecule has 0 aliphatic carbocycles. The minimum Gasteiger partial charge on any atom is -0.491 e. The molecular weight excluding hydrogens is 509 g/mol.